The van der Waals surface area contributed by atoms with Crippen molar-refractivity contribution in [2.45, 2.75) is 70.3 Å². The number of esters is 1. The third-order valence-electron chi connectivity index (χ3n) is 4.93. The van der Waals surface area contributed by atoms with Crippen LogP contribution in [0.25, 0.3) is 0 Å². The second-order valence-corrected chi connectivity index (χ2v) is 6.97. The van der Waals surface area contributed by atoms with Gasteiger partial charge >= 0.3 is 5.97 Å². The first-order valence-corrected chi connectivity index (χ1v) is 8.52. The minimum Gasteiger partial charge on any atom is -0.460 e. The van der Waals surface area contributed by atoms with Gasteiger partial charge in [0.15, 0.2) is 0 Å². The fourth-order valence-electron chi connectivity index (χ4n) is 3.73. The van der Waals surface area contributed by atoms with Crippen LogP contribution in [0, 0.1) is 11.8 Å². The Labute approximate surface area is 124 Å². The molecule has 1 unspecified atom stereocenters. The van der Waals surface area contributed by atoms with Crippen LogP contribution in [0.5, 0.6) is 0 Å². The van der Waals surface area contributed by atoms with Crippen molar-refractivity contribution in [1.29, 1.82) is 0 Å². The number of carbonyl (C=O) groups is 1. The summed E-state index contributed by atoms with van der Waals surface area (Å²) < 4.78 is 5.96. The number of nitrogens with zero attached hydrogens (tertiary/aromatic N) is 1. The van der Waals surface area contributed by atoms with E-state index in [-0.39, 0.29) is 18.0 Å². The van der Waals surface area contributed by atoms with Crippen molar-refractivity contribution >= 4 is 5.97 Å². The molecule has 3 heteroatoms. The summed E-state index contributed by atoms with van der Waals surface area (Å²) in [7, 11) is 4.15. The lowest BCUT2D eigenvalue weighted by Gasteiger charge is -2.33. The SMILES string of the molecule is CN(C)CC(OC(=O)C1CCCCC1)C1CCCCC1. The Balaban J connectivity index is 1.89. The van der Waals surface area contributed by atoms with E-state index in [4.69, 9.17) is 4.74 Å². The maximum Gasteiger partial charge on any atom is 0.309 e. The summed E-state index contributed by atoms with van der Waals surface area (Å²) in [4.78, 5) is 14.6. The Kier molecular flexibility index (Phi) is 6.34. The van der Waals surface area contributed by atoms with E-state index >= 15 is 0 Å². The van der Waals surface area contributed by atoms with Crippen molar-refractivity contribution in [2.75, 3.05) is 20.6 Å². The van der Waals surface area contributed by atoms with E-state index in [1.54, 1.807) is 0 Å². The van der Waals surface area contributed by atoms with Gasteiger partial charge in [0, 0.05) is 6.54 Å². The molecule has 2 aliphatic rings. The van der Waals surface area contributed by atoms with Crippen molar-refractivity contribution < 1.29 is 9.53 Å². The van der Waals surface area contributed by atoms with Crippen LogP contribution in [-0.4, -0.2) is 37.6 Å². The van der Waals surface area contributed by atoms with E-state index < -0.39 is 0 Å². The van der Waals surface area contributed by atoms with Crippen LogP contribution in [-0.2, 0) is 9.53 Å². The van der Waals surface area contributed by atoms with Crippen LogP contribution in [0.1, 0.15) is 64.2 Å². The molecule has 0 bridgehead atoms. The number of rotatable bonds is 5. The standard InChI is InChI=1S/C17H31NO2/c1-18(2)13-16(14-9-5-3-6-10-14)20-17(19)15-11-7-4-8-12-15/h14-16H,3-13H2,1-2H3. The molecule has 0 aromatic rings. The first-order valence-electron chi connectivity index (χ1n) is 8.52. The number of carbonyl (C=O) groups excluding carboxylic acids is 1. The van der Waals surface area contributed by atoms with Gasteiger partial charge in [0.2, 0.25) is 0 Å². The van der Waals surface area contributed by atoms with E-state index in [0.717, 1.165) is 19.4 Å². The molecule has 0 amide bonds. The molecule has 116 valence electrons. The van der Waals surface area contributed by atoms with Gasteiger partial charge in [-0.2, -0.15) is 0 Å². The van der Waals surface area contributed by atoms with Gasteiger partial charge < -0.3 is 9.64 Å². The molecule has 0 aliphatic heterocycles. The molecule has 2 saturated carbocycles. The van der Waals surface area contributed by atoms with Crippen LogP contribution in [0.15, 0.2) is 0 Å². The normalized spacial score (nSPS) is 23.8. The zero-order valence-electron chi connectivity index (χ0n) is 13.3. The molecule has 2 fully saturated rings. The summed E-state index contributed by atoms with van der Waals surface area (Å²) in [5, 5.41) is 0. The smallest absolute Gasteiger partial charge is 0.309 e. The first-order chi connectivity index (χ1) is 9.66. The topological polar surface area (TPSA) is 29.5 Å². The molecule has 0 saturated heterocycles. The largest absolute Gasteiger partial charge is 0.460 e. The van der Waals surface area contributed by atoms with Crippen LogP contribution in [0.3, 0.4) is 0 Å². The molecular weight excluding hydrogens is 250 g/mol. The maximum atomic E-state index is 12.4. The van der Waals surface area contributed by atoms with Crippen LogP contribution < -0.4 is 0 Å². The molecule has 20 heavy (non-hydrogen) atoms. The number of hydrogen-bond donors (Lipinski definition) is 0. The quantitative estimate of drug-likeness (QED) is 0.721. The third-order valence-corrected chi connectivity index (χ3v) is 4.93. The van der Waals surface area contributed by atoms with E-state index in [0.29, 0.717) is 5.92 Å². The van der Waals surface area contributed by atoms with E-state index in [1.165, 1.54) is 51.4 Å². The van der Waals surface area contributed by atoms with Gasteiger partial charge in [0.05, 0.1) is 5.92 Å². The summed E-state index contributed by atoms with van der Waals surface area (Å²) in [6.07, 6.45) is 12.3. The summed E-state index contributed by atoms with van der Waals surface area (Å²) in [6, 6.07) is 0. The molecule has 3 nitrogen and oxygen atoms in total. The second kappa shape index (κ2) is 8.02. The average Bonchev–Trinajstić information content (AvgIpc) is 2.48. The minimum absolute atomic E-state index is 0.0853. The van der Waals surface area contributed by atoms with Gasteiger partial charge in [-0.05, 0) is 45.7 Å². The van der Waals surface area contributed by atoms with Gasteiger partial charge in [-0.3, -0.25) is 4.79 Å². The van der Waals surface area contributed by atoms with Gasteiger partial charge in [0.1, 0.15) is 6.10 Å². The van der Waals surface area contributed by atoms with Crippen molar-refractivity contribution in [3.05, 3.63) is 0 Å². The number of likely N-dealkylation sites (N-methyl/N-ethyl adjacent to an activating group) is 1. The number of ether oxygens (including phenoxy) is 1. The highest BCUT2D eigenvalue weighted by atomic mass is 16.5. The average molecular weight is 281 g/mol. The van der Waals surface area contributed by atoms with Crippen LogP contribution in [0.4, 0.5) is 0 Å². The van der Waals surface area contributed by atoms with Gasteiger partial charge in [-0.15, -0.1) is 0 Å². The predicted octanol–water partition coefficient (Wildman–Crippen LogP) is 3.62. The zero-order chi connectivity index (χ0) is 14.4. The van der Waals surface area contributed by atoms with E-state index in [1.807, 2.05) is 0 Å². The van der Waals surface area contributed by atoms with Crippen molar-refractivity contribution in [3.63, 3.8) is 0 Å². The Morgan fingerprint density at radius 3 is 2.10 bits per heavy atom. The Hall–Kier alpha value is -0.570. The zero-order valence-corrected chi connectivity index (χ0v) is 13.3. The van der Waals surface area contributed by atoms with Gasteiger partial charge in [0.25, 0.3) is 0 Å². The van der Waals surface area contributed by atoms with Crippen molar-refractivity contribution in [3.8, 4) is 0 Å². The summed E-state index contributed by atoms with van der Waals surface area (Å²) in [6.45, 7) is 0.878. The molecule has 2 rings (SSSR count). The fourth-order valence-corrected chi connectivity index (χ4v) is 3.73. The lowest BCUT2D eigenvalue weighted by Crippen LogP contribution is -2.39. The number of hydrogen-bond acceptors (Lipinski definition) is 3. The van der Waals surface area contributed by atoms with E-state index in [2.05, 4.69) is 19.0 Å². The lowest BCUT2D eigenvalue weighted by molar-refractivity contribution is -0.159. The third kappa shape index (κ3) is 4.76. The summed E-state index contributed by atoms with van der Waals surface area (Å²) >= 11 is 0. The van der Waals surface area contributed by atoms with Crippen LogP contribution in [0.2, 0.25) is 0 Å². The molecule has 0 aromatic heterocycles. The Bertz CT molecular complexity index is 291. The highest BCUT2D eigenvalue weighted by molar-refractivity contribution is 5.72. The Morgan fingerprint density at radius 2 is 1.55 bits per heavy atom. The fraction of sp³-hybridized carbons (Fsp3) is 0.941. The van der Waals surface area contributed by atoms with Crippen LogP contribution >= 0.6 is 0 Å². The molecule has 1 atom stereocenters. The molecule has 0 aromatic carbocycles. The predicted molar refractivity (Wildman–Crippen MR) is 81.6 cm³/mol. The molecule has 2 aliphatic carbocycles. The van der Waals surface area contributed by atoms with Gasteiger partial charge in [-0.1, -0.05) is 38.5 Å². The van der Waals surface area contributed by atoms with Crippen molar-refractivity contribution in [2.24, 2.45) is 11.8 Å². The second-order valence-electron chi connectivity index (χ2n) is 6.97. The highest BCUT2D eigenvalue weighted by Gasteiger charge is 2.30. The highest BCUT2D eigenvalue weighted by Crippen LogP contribution is 2.30. The summed E-state index contributed by atoms with van der Waals surface area (Å²) in [5.74, 6) is 0.845. The van der Waals surface area contributed by atoms with Crippen molar-refractivity contribution in [1.82, 2.24) is 4.90 Å². The summed E-state index contributed by atoms with van der Waals surface area (Å²) in [5.41, 5.74) is 0. The molecule has 0 radical (unpaired) electrons. The molecular formula is C17H31NO2. The molecule has 0 heterocycles. The minimum atomic E-state index is 0.0853. The maximum absolute atomic E-state index is 12.4. The molecule has 0 N–H and O–H groups in total. The molecule has 0 spiro atoms. The van der Waals surface area contributed by atoms with Gasteiger partial charge in [-0.25, -0.2) is 0 Å². The first kappa shape index (κ1) is 15.8. The monoisotopic (exact) mass is 281 g/mol. The Morgan fingerprint density at radius 1 is 1.00 bits per heavy atom. The van der Waals surface area contributed by atoms with E-state index in [9.17, 15) is 4.79 Å². The lowest BCUT2D eigenvalue weighted by atomic mass is 9.84.